The van der Waals surface area contributed by atoms with Crippen molar-refractivity contribution in [2.24, 2.45) is 0 Å². The molecule has 0 saturated carbocycles. The van der Waals surface area contributed by atoms with Crippen molar-refractivity contribution in [3.8, 4) is 0 Å². The lowest BCUT2D eigenvalue weighted by molar-refractivity contribution is 0.0312. The summed E-state index contributed by atoms with van der Waals surface area (Å²) >= 11 is 0. The summed E-state index contributed by atoms with van der Waals surface area (Å²) in [5.41, 5.74) is 0. The summed E-state index contributed by atoms with van der Waals surface area (Å²) in [7, 11) is 0. The van der Waals surface area contributed by atoms with Gasteiger partial charge in [-0.3, -0.25) is 0 Å². The van der Waals surface area contributed by atoms with Crippen molar-refractivity contribution in [1.29, 1.82) is 0 Å². The Bertz CT molecular complexity index is 61.4. The van der Waals surface area contributed by atoms with Crippen LogP contribution in [-0.4, -0.2) is 30.9 Å². The number of hydrogen-bond donors (Lipinski definition) is 2. The summed E-state index contributed by atoms with van der Waals surface area (Å²) in [5.74, 6) is 0. The summed E-state index contributed by atoms with van der Waals surface area (Å²) in [5, 5.41) is 11.6. The Labute approximate surface area is 48.7 Å². The van der Waals surface area contributed by atoms with E-state index < -0.39 is 0 Å². The van der Waals surface area contributed by atoms with Crippen LogP contribution in [0, 0.1) is 6.61 Å². The molecule has 0 aromatic heterocycles. The van der Waals surface area contributed by atoms with Crippen LogP contribution in [0.2, 0.25) is 0 Å². The number of aliphatic hydroxyl groups is 1. The Morgan fingerprint density at radius 2 is 2.75 bits per heavy atom. The molecule has 0 amide bonds. The molecule has 2 N–H and O–H groups in total. The molecule has 1 radical (unpaired) electrons. The molecule has 0 aromatic rings. The molecule has 0 aliphatic carbocycles. The van der Waals surface area contributed by atoms with Crippen LogP contribution in [0.1, 0.15) is 0 Å². The Kier molecular flexibility index (Phi) is 2.27. The van der Waals surface area contributed by atoms with Gasteiger partial charge < -0.3 is 15.2 Å². The largest absolute Gasteiger partial charge is 0.394 e. The number of morpholine rings is 1. The van der Waals surface area contributed by atoms with Gasteiger partial charge in [-0.05, 0) is 0 Å². The fourth-order valence-corrected chi connectivity index (χ4v) is 0.643. The molecule has 8 heavy (non-hydrogen) atoms. The third kappa shape index (κ3) is 1.43. The molecule has 1 atom stereocenters. The van der Waals surface area contributed by atoms with Crippen LogP contribution in [0.5, 0.6) is 0 Å². The second-order valence-electron chi connectivity index (χ2n) is 1.77. The summed E-state index contributed by atoms with van der Waals surface area (Å²) in [6.07, 6.45) is -0.0243. The zero-order valence-corrected chi connectivity index (χ0v) is 4.63. The average Bonchev–Trinajstić information content (AvgIpc) is 1.90. The fourth-order valence-electron chi connectivity index (χ4n) is 0.643. The molecule has 3 nitrogen and oxygen atoms in total. The van der Waals surface area contributed by atoms with Gasteiger partial charge in [0.1, 0.15) is 0 Å². The molecule has 1 heterocycles. The maximum Gasteiger partial charge on any atom is 0.0978 e. The smallest absolute Gasteiger partial charge is 0.0978 e. The lowest BCUT2D eigenvalue weighted by atomic mass is 10.3. The van der Waals surface area contributed by atoms with Gasteiger partial charge >= 0.3 is 0 Å². The van der Waals surface area contributed by atoms with Crippen molar-refractivity contribution in [3.63, 3.8) is 0 Å². The van der Waals surface area contributed by atoms with E-state index in [-0.39, 0.29) is 12.7 Å². The number of ether oxygens (including phenoxy) is 1. The van der Waals surface area contributed by atoms with Crippen LogP contribution < -0.4 is 5.32 Å². The van der Waals surface area contributed by atoms with Gasteiger partial charge in [-0.1, -0.05) is 0 Å². The Balaban J connectivity index is 2.13. The number of hydrogen-bond acceptors (Lipinski definition) is 3. The lowest BCUT2D eigenvalue weighted by Crippen LogP contribution is -2.37. The fraction of sp³-hybridized carbons (Fsp3) is 0.800. The lowest BCUT2D eigenvalue weighted by Gasteiger charge is -2.20. The van der Waals surface area contributed by atoms with Crippen LogP contribution >= 0.6 is 0 Å². The van der Waals surface area contributed by atoms with Gasteiger partial charge in [-0.2, -0.15) is 0 Å². The van der Waals surface area contributed by atoms with Crippen LogP contribution in [0.15, 0.2) is 0 Å². The summed E-state index contributed by atoms with van der Waals surface area (Å²) < 4.78 is 4.99. The normalized spacial score (nSPS) is 30.4. The summed E-state index contributed by atoms with van der Waals surface area (Å²) in [4.78, 5) is 0. The number of aliphatic hydroxyl groups excluding tert-OH is 1. The van der Waals surface area contributed by atoms with Crippen molar-refractivity contribution in [2.45, 2.75) is 6.10 Å². The molecule has 0 bridgehead atoms. The summed E-state index contributed by atoms with van der Waals surface area (Å²) in [6.45, 7) is 3.32. The molecule has 3 heteroatoms. The van der Waals surface area contributed by atoms with E-state index in [1.165, 1.54) is 0 Å². The molecular weight excluding hydrogens is 106 g/mol. The molecular formula is C5H10NO2. The van der Waals surface area contributed by atoms with E-state index in [4.69, 9.17) is 9.84 Å². The highest BCUT2D eigenvalue weighted by molar-refractivity contribution is 4.71. The summed E-state index contributed by atoms with van der Waals surface area (Å²) in [6, 6.07) is 0. The predicted octanol–water partition coefficient (Wildman–Crippen LogP) is -0.871. The molecule has 1 rings (SSSR count). The molecule has 0 aromatic carbocycles. The molecule has 1 fully saturated rings. The molecule has 1 aliphatic heterocycles. The first-order valence-corrected chi connectivity index (χ1v) is 2.72. The Hall–Kier alpha value is -0.120. The highest BCUT2D eigenvalue weighted by Gasteiger charge is 2.10. The van der Waals surface area contributed by atoms with Crippen molar-refractivity contribution >= 4 is 0 Å². The van der Waals surface area contributed by atoms with Gasteiger partial charge in [0, 0.05) is 13.1 Å². The quantitative estimate of drug-likeness (QED) is 0.468. The topological polar surface area (TPSA) is 41.5 Å². The van der Waals surface area contributed by atoms with Gasteiger partial charge in [-0.25, -0.2) is 0 Å². The van der Waals surface area contributed by atoms with E-state index in [2.05, 4.69) is 5.32 Å². The molecule has 1 unspecified atom stereocenters. The zero-order chi connectivity index (χ0) is 5.82. The van der Waals surface area contributed by atoms with Crippen LogP contribution in [0.25, 0.3) is 0 Å². The highest BCUT2D eigenvalue weighted by atomic mass is 16.5. The first kappa shape index (κ1) is 6.01. The maximum absolute atomic E-state index is 8.51. The Morgan fingerprint density at radius 1 is 1.88 bits per heavy atom. The second-order valence-corrected chi connectivity index (χ2v) is 1.77. The maximum atomic E-state index is 8.51. The van der Waals surface area contributed by atoms with Gasteiger partial charge in [0.15, 0.2) is 0 Å². The number of rotatable bonds is 1. The SMILES string of the molecule is OCC1CNC[CH]O1. The first-order chi connectivity index (χ1) is 3.93. The monoisotopic (exact) mass is 116 g/mol. The van der Waals surface area contributed by atoms with Crippen molar-refractivity contribution < 1.29 is 9.84 Å². The zero-order valence-electron chi connectivity index (χ0n) is 4.63. The van der Waals surface area contributed by atoms with Gasteiger partial charge in [0.25, 0.3) is 0 Å². The van der Waals surface area contributed by atoms with Crippen molar-refractivity contribution in [1.82, 2.24) is 5.32 Å². The van der Waals surface area contributed by atoms with E-state index >= 15 is 0 Å². The van der Waals surface area contributed by atoms with Crippen LogP contribution in [0.4, 0.5) is 0 Å². The van der Waals surface area contributed by atoms with Crippen molar-refractivity contribution in [2.75, 3.05) is 19.7 Å². The van der Waals surface area contributed by atoms with E-state index in [0.717, 1.165) is 13.1 Å². The Morgan fingerprint density at radius 3 is 3.12 bits per heavy atom. The minimum Gasteiger partial charge on any atom is -0.394 e. The van der Waals surface area contributed by atoms with E-state index in [1.807, 2.05) is 0 Å². The predicted molar refractivity (Wildman–Crippen MR) is 29.1 cm³/mol. The van der Waals surface area contributed by atoms with Crippen LogP contribution in [0.3, 0.4) is 0 Å². The van der Waals surface area contributed by atoms with E-state index in [0.29, 0.717) is 0 Å². The number of nitrogens with one attached hydrogen (secondary N) is 1. The minimum absolute atomic E-state index is 0.0243. The first-order valence-electron chi connectivity index (χ1n) is 2.72. The van der Waals surface area contributed by atoms with Gasteiger partial charge in [-0.15, -0.1) is 0 Å². The molecule has 47 valence electrons. The van der Waals surface area contributed by atoms with Gasteiger partial charge in [0.05, 0.1) is 19.3 Å². The second kappa shape index (κ2) is 3.02. The van der Waals surface area contributed by atoms with Crippen molar-refractivity contribution in [3.05, 3.63) is 6.61 Å². The van der Waals surface area contributed by atoms with Crippen LogP contribution in [-0.2, 0) is 4.74 Å². The third-order valence-corrected chi connectivity index (χ3v) is 1.09. The van der Waals surface area contributed by atoms with E-state index in [1.54, 1.807) is 6.61 Å². The standard InChI is InChI=1S/C5H10NO2/c7-4-5-3-6-1-2-8-5/h2,5-7H,1,3-4H2. The minimum atomic E-state index is -0.0243. The third-order valence-electron chi connectivity index (χ3n) is 1.09. The average molecular weight is 116 g/mol. The van der Waals surface area contributed by atoms with E-state index in [9.17, 15) is 0 Å². The highest BCUT2D eigenvalue weighted by Crippen LogP contribution is 1.96. The molecule has 0 spiro atoms. The molecule has 1 aliphatic rings. The van der Waals surface area contributed by atoms with Gasteiger partial charge in [0.2, 0.25) is 0 Å². The molecule has 1 saturated heterocycles.